The summed E-state index contributed by atoms with van der Waals surface area (Å²) in [6.45, 7) is 10.3. The number of likely N-dealkylation sites (tertiary alicyclic amines) is 1. The molecule has 2 atom stereocenters. The van der Waals surface area contributed by atoms with Crippen LogP contribution in [0.2, 0.25) is 0 Å². The van der Waals surface area contributed by atoms with Gasteiger partial charge in [-0.15, -0.1) is 0 Å². The van der Waals surface area contributed by atoms with Crippen LogP contribution in [0, 0.1) is 0 Å². The first-order chi connectivity index (χ1) is 9.96. The maximum Gasteiger partial charge on any atom is 0.0710 e. The highest BCUT2D eigenvalue weighted by Gasteiger charge is 2.43. The lowest BCUT2D eigenvalue weighted by Gasteiger charge is -2.31. The van der Waals surface area contributed by atoms with Crippen LogP contribution in [-0.4, -0.2) is 47.8 Å². The van der Waals surface area contributed by atoms with Gasteiger partial charge in [0.15, 0.2) is 0 Å². The smallest absolute Gasteiger partial charge is 0.0710 e. The van der Waals surface area contributed by atoms with Crippen molar-refractivity contribution >= 4 is 0 Å². The van der Waals surface area contributed by atoms with E-state index in [4.69, 9.17) is 4.74 Å². The zero-order valence-electron chi connectivity index (χ0n) is 14.3. The molecule has 1 aliphatic carbocycles. The molecule has 3 nitrogen and oxygen atoms in total. The predicted molar refractivity (Wildman–Crippen MR) is 87.7 cm³/mol. The molecule has 3 heteroatoms. The lowest BCUT2D eigenvalue weighted by Crippen LogP contribution is -2.47. The molecule has 0 aromatic heterocycles. The van der Waals surface area contributed by atoms with Gasteiger partial charge in [-0.2, -0.15) is 0 Å². The summed E-state index contributed by atoms with van der Waals surface area (Å²) >= 11 is 0. The van der Waals surface area contributed by atoms with Crippen LogP contribution in [0.4, 0.5) is 0 Å². The Bertz CT molecular complexity index is 344. The molecule has 1 N–H and O–H groups in total. The normalized spacial score (nSPS) is 33.3. The summed E-state index contributed by atoms with van der Waals surface area (Å²) in [6.07, 6.45) is 11.2. The second kappa shape index (κ2) is 6.17. The van der Waals surface area contributed by atoms with Crippen LogP contribution in [0.15, 0.2) is 0 Å². The third kappa shape index (κ3) is 4.00. The molecule has 3 aliphatic rings. The molecule has 3 fully saturated rings. The lowest BCUT2D eigenvalue weighted by molar-refractivity contribution is -0.0484. The summed E-state index contributed by atoms with van der Waals surface area (Å²) in [6, 6.07) is 0.716. The number of nitrogens with zero attached hydrogens (tertiary/aromatic N) is 1. The quantitative estimate of drug-likeness (QED) is 0.861. The van der Waals surface area contributed by atoms with E-state index in [0.717, 1.165) is 13.1 Å². The van der Waals surface area contributed by atoms with Gasteiger partial charge in [0, 0.05) is 24.7 Å². The van der Waals surface area contributed by atoms with Crippen molar-refractivity contribution in [3.8, 4) is 0 Å². The Kier molecular flexibility index (Phi) is 4.63. The summed E-state index contributed by atoms with van der Waals surface area (Å²) in [5, 5.41) is 3.68. The van der Waals surface area contributed by atoms with Gasteiger partial charge in [0.2, 0.25) is 0 Å². The van der Waals surface area contributed by atoms with Gasteiger partial charge in [-0.1, -0.05) is 12.8 Å². The third-order valence-electron chi connectivity index (χ3n) is 5.66. The molecule has 2 heterocycles. The monoisotopic (exact) mass is 294 g/mol. The molecule has 0 aromatic carbocycles. The predicted octanol–water partition coefficient (Wildman–Crippen LogP) is 3.33. The van der Waals surface area contributed by atoms with Crippen LogP contribution in [0.25, 0.3) is 0 Å². The van der Waals surface area contributed by atoms with Crippen LogP contribution in [-0.2, 0) is 4.74 Å². The van der Waals surface area contributed by atoms with Gasteiger partial charge in [-0.25, -0.2) is 0 Å². The number of ether oxygens (including phenoxy) is 1. The van der Waals surface area contributed by atoms with Gasteiger partial charge < -0.3 is 10.1 Å². The summed E-state index contributed by atoms with van der Waals surface area (Å²) in [7, 11) is 0. The molecule has 0 radical (unpaired) electrons. The molecule has 21 heavy (non-hydrogen) atoms. The highest BCUT2D eigenvalue weighted by Crippen LogP contribution is 2.43. The minimum absolute atomic E-state index is 0.228. The third-order valence-corrected chi connectivity index (χ3v) is 5.66. The number of nitrogens with one attached hydrogen (secondary N) is 1. The molecule has 1 spiro atoms. The molecular formula is C18H34N2O. The van der Waals surface area contributed by atoms with Crippen molar-refractivity contribution in [3.05, 3.63) is 0 Å². The minimum atomic E-state index is 0.228. The van der Waals surface area contributed by atoms with Crippen molar-refractivity contribution in [1.29, 1.82) is 0 Å². The van der Waals surface area contributed by atoms with Gasteiger partial charge in [0.25, 0.3) is 0 Å². The van der Waals surface area contributed by atoms with Crippen molar-refractivity contribution in [1.82, 2.24) is 10.2 Å². The maximum atomic E-state index is 6.50. The fourth-order valence-electron chi connectivity index (χ4n) is 4.46. The van der Waals surface area contributed by atoms with Crippen molar-refractivity contribution in [2.45, 2.75) is 95.4 Å². The Morgan fingerprint density at radius 1 is 1.10 bits per heavy atom. The van der Waals surface area contributed by atoms with Crippen LogP contribution >= 0.6 is 0 Å². The van der Waals surface area contributed by atoms with E-state index in [1.807, 2.05) is 0 Å². The molecule has 0 bridgehead atoms. The van der Waals surface area contributed by atoms with E-state index in [2.05, 4.69) is 31.0 Å². The summed E-state index contributed by atoms with van der Waals surface area (Å²) in [5.41, 5.74) is 0.523. The van der Waals surface area contributed by atoms with Crippen molar-refractivity contribution in [2.75, 3.05) is 19.6 Å². The zero-order chi connectivity index (χ0) is 14.9. The topological polar surface area (TPSA) is 24.5 Å². The van der Waals surface area contributed by atoms with E-state index in [-0.39, 0.29) is 5.54 Å². The van der Waals surface area contributed by atoms with E-state index < -0.39 is 0 Å². The Morgan fingerprint density at radius 2 is 1.86 bits per heavy atom. The molecule has 2 saturated heterocycles. The van der Waals surface area contributed by atoms with Crippen molar-refractivity contribution in [2.24, 2.45) is 0 Å². The average Bonchev–Trinajstić information content (AvgIpc) is 3.11. The largest absolute Gasteiger partial charge is 0.370 e. The first kappa shape index (κ1) is 15.8. The first-order valence-electron chi connectivity index (χ1n) is 9.13. The number of rotatable bonds is 4. The number of hydrogen-bond acceptors (Lipinski definition) is 3. The SMILES string of the molecule is CC(C)(C)NCC1CCCN1CC1CCC2(CCCC2)O1. The molecule has 122 valence electrons. The Hall–Kier alpha value is -0.120. The molecule has 2 unspecified atom stereocenters. The number of hydrogen-bond donors (Lipinski definition) is 1. The van der Waals surface area contributed by atoms with Gasteiger partial charge in [-0.05, 0) is 65.8 Å². The van der Waals surface area contributed by atoms with Gasteiger partial charge in [0.05, 0.1) is 11.7 Å². The van der Waals surface area contributed by atoms with Crippen molar-refractivity contribution in [3.63, 3.8) is 0 Å². The maximum absolute atomic E-state index is 6.50. The van der Waals surface area contributed by atoms with Gasteiger partial charge in [0.1, 0.15) is 0 Å². The van der Waals surface area contributed by atoms with Crippen LogP contribution in [0.3, 0.4) is 0 Å². The first-order valence-corrected chi connectivity index (χ1v) is 9.13. The zero-order valence-corrected chi connectivity index (χ0v) is 14.3. The highest BCUT2D eigenvalue weighted by molar-refractivity contribution is 4.94. The average molecular weight is 294 g/mol. The summed E-state index contributed by atoms with van der Waals surface area (Å²) in [4.78, 5) is 2.69. The van der Waals surface area contributed by atoms with E-state index >= 15 is 0 Å². The van der Waals surface area contributed by atoms with Gasteiger partial charge >= 0.3 is 0 Å². The van der Waals surface area contributed by atoms with Crippen molar-refractivity contribution < 1.29 is 4.74 Å². The highest BCUT2D eigenvalue weighted by atomic mass is 16.5. The van der Waals surface area contributed by atoms with E-state index in [0.29, 0.717) is 17.7 Å². The minimum Gasteiger partial charge on any atom is -0.370 e. The Labute approximate surface area is 130 Å². The summed E-state index contributed by atoms with van der Waals surface area (Å²) in [5.74, 6) is 0. The van der Waals surface area contributed by atoms with Gasteiger partial charge in [-0.3, -0.25) is 4.90 Å². The lowest BCUT2D eigenvalue weighted by atomic mass is 9.98. The van der Waals surface area contributed by atoms with Crippen LogP contribution < -0.4 is 5.32 Å². The molecule has 0 aromatic rings. The standard InChI is InChI=1S/C18H34N2O/c1-17(2,3)19-13-15-7-6-12-20(15)14-16-8-11-18(21-16)9-4-5-10-18/h15-16,19H,4-14H2,1-3H3. The molecular weight excluding hydrogens is 260 g/mol. The Morgan fingerprint density at radius 3 is 2.57 bits per heavy atom. The molecule has 1 saturated carbocycles. The van der Waals surface area contributed by atoms with E-state index in [1.165, 1.54) is 57.9 Å². The van der Waals surface area contributed by atoms with Crippen LogP contribution in [0.1, 0.15) is 72.1 Å². The van der Waals surface area contributed by atoms with Crippen LogP contribution in [0.5, 0.6) is 0 Å². The fraction of sp³-hybridized carbons (Fsp3) is 1.00. The Balaban J connectivity index is 1.48. The molecule has 2 aliphatic heterocycles. The fourth-order valence-corrected chi connectivity index (χ4v) is 4.46. The van der Waals surface area contributed by atoms with E-state index in [9.17, 15) is 0 Å². The summed E-state index contributed by atoms with van der Waals surface area (Å²) < 4.78 is 6.50. The second-order valence-corrected chi connectivity index (χ2v) is 8.59. The molecule has 0 amide bonds. The molecule has 3 rings (SSSR count). The second-order valence-electron chi connectivity index (χ2n) is 8.59. The van der Waals surface area contributed by atoms with E-state index in [1.54, 1.807) is 0 Å².